The van der Waals surface area contributed by atoms with Crippen molar-refractivity contribution in [1.29, 1.82) is 0 Å². The van der Waals surface area contributed by atoms with Crippen LogP contribution in [-0.2, 0) is 4.79 Å². The van der Waals surface area contributed by atoms with Crippen molar-refractivity contribution in [3.63, 3.8) is 0 Å². The lowest BCUT2D eigenvalue weighted by atomic mass is 9.96. The SMILES string of the molecule is C/C=C/CCNC(=O)C(CC)c1ccccc1. The van der Waals surface area contributed by atoms with Gasteiger partial charge in [-0.05, 0) is 25.3 Å². The summed E-state index contributed by atoms with van der Waals surface area (Å²) in [4.78, 5) is 12.0. The van der Waals surface area contributed by atoms with Gasteiger partial charge in [-0.3, -0.25) is 4.79 Å². The van der Waals surface area contributed by atoms with Crippen LogP contribution in [0.25, 0.3) is 0 Å². The van der Waals surface area contributed by atoms with E-state index in [1.165, 1.54) is 0 Å². The van der Waals surface area contributed by atoms with Gasteiger partial charge in [-0.25, -0.2) is 0 Å². The first-order valence-electron chi connectivity index (χ1n) is 6.23. The number of carbonyl (C=O) groups excluding carboxylic acids is 1. The van der Waals surface area contributed by atoms with Crippen LogP contribution in [0.3, 0.4) is 0 Å². The number of allylic oxidation sites excluding steroid dienone is 1. The van der Waals surface area contributed by atoms with E-state index in [0.717, 1.165) is 18.4 Å². The number of hydrogen-bond donors (Lipinski definition) is 1. The summed E-state index contributed by atoms with van der Waals surface area (Å²) < 4.78 is 0. The van der Waals surface area contributed by atoms with Crippen LogP contribution in [0, 0.1) is 0 Å². The summed E-state index contributed by atoms with van der Waals surface area (Å²) in [5, 5.41) is 2.98. The van der Waals surface area contributed by atoms with Gasteiger partial charge in [0.25, 0.3) is 0 Å². The van der Waals surface area contributed by atoms with E-state index in [0.29, 0.717) is 6.54 Å². The third kappa shape index (κ3) is 4.43. The molecule has 0 bridgehead atoms. The summed E-state index contributed by atoms with van der Waals surface area (Å²) in [6.07, 6.45) is 5.79. The van der Waals surface area contributed by atoms with Gasteiger partial charge in [0.05, 0.1) is 5.92 Å². The van der Waals surface area contributed by atoms with Gasteiger partial charge in [-0.2, -0.15) is 0 Å². The molecule has 0 heterocycles. The van der Waals surface area contributed by atoms with Crippen molar-refractivity contribution in [3.8, 4) is 0 Å². The maximum absolute atomic E-state index is 12.0. The molecule has 1 amide bonds. The molecule has 0 saturated carbocycles. The maximum Gasteiger partial charge on any atom is 0.227 e. The van der Waals surface area contributed by atoms with Crippen LogP contribution in [0.4, 0.5) is 0 Å². The van der Waals surface area contributed by atoms with Crippen LogP contribution in [0.2, 0.25) is 0 Å². The predicted octanol–water partition coefficient (Wildman–Crippen LogP) is 3.26. The minimum atomic E-state index is -0.0261. The Labute approximate surface area is 104 Å². The highest BCUT2D eigenvalue weighted by Gasteiger charge is 2.17. The fourth-order valence-corrected chi connectivity index (χ4v) is 1.83. The zero-order valence-electron chi connectivity index (χ0n) is 10.6. The second-order valence-corrected chi connectivity index (χ2v) is 4.02. The normalized spacial score (nSPS) is 12.6. The van der Waals surface area contributed by atoms with E-state index >= 15 is 0 Å². The maximum atomic E-state index is 12.0. The van der Waals surface area contributed by atoms with Gasteiger partial charge in [0, 0.05) is 6.54 Å². The van der Waals surface area contributed by atoms with Gasteiger partial charge >= 0.3 is 0 Å². The summed E-state index contributed by atoms with van der Waals surface area (Å²) >= 11 is 0. The van der Waals surface area contributed by atoms with E-state index in [-0.39, 0.29) is 11.8 Å². The molecular weight excluding hydrogens is 210 g/mol. The quantitative estimate of drug-likeness (QED) is 0.591. The molecular formula is C15H21NO. The third-order valence-corrected chi connectivity index (χ3v) is 2.77. The number of rotatable bonds is 6. The van der Waals surface area contributed by atoms with Crippen LogP contribution in [-0.4, -0.2) is 12.5 Å². The van der Waals surface area contributed by atoms with Gasteiger partial charge in [-0.15, -0.1) is 0 Å². The Morgan fingerprint density at radius 2 is 2.06 bits per heavy atom. The fraction of sp³-hybridized carbons (Fsp3) is 0.400. The summed E-state index contributed by atoms with van der Waals surface area (Å²) in [7, 11) is 0. The summed E-state index contributed by atoms with van der Waals surface area (Å²) in [6.45, 7) is 4.75. The molecule has 1 N–H and O–H groups in total. The Morgan fingerprint density at radius 3 is 2.65 bits per heavy atom. The second-order valence-electron chi connectivity index (χ2n) is 4.02. The largest absolute Gasteiger partial charge is 0.355 e. The number of carbonyl (C=O) groups is 1. The molecule has 1 aromatic carbocycles. The minimum Gasteiger partial charge on any atom is -0.355 e. The van der Waals surface area contributed by atoms with E-state index < -0.39 is 0 Å². The van der Waals surface area contributed by atoms with E-state index in [1.807, 2.05) is 50.3 Å². The number of amides is 1. The van der Waals surface area contributed by atoms with Crippen LogP contribution < -0.4 is 5.32 Å². The van der Waals surface area contributed by atoms with E-state index in [1.54, 1.807) is 0 Å². The molecule has 0 aromatic heterocycles. The monoisotopic (exact) mass is 231 g/mol. The lowest BCUT2D eigenvalue weighted by molar-refractivity contribution is -0.122. The molecule has 1 atom stereocenters. The Balaban J connectivity index is 2.53. The smallest absolute Gasteiger partial charge is 0.227 e. The molecule has 1 unspecified atom stereocenters. The lowest BCUT2D eigenvalue weighted by Crippen LogP contribution is -2.29. The van der Waals surface area contributed by atoms with Crippen LogP contribution >= 0.6 is 0 Å². The standard InChI is InChI=1S/C15H21NO/c1-3-5-9-12-16-15(17)14(4-2)13-10-7-6-8-11-13/h3,5-8,10-11,14H,4,9,12H2,1-2H3,(H,16,17)/b5-3+. The average Bonchev–Trinajstić information content (AvgIpc) is 2.37. The van der Waals surface area contributed by atoms with E-state index in [4.69, 9.17) is 0 Å². The van der Waals surface area contributed by atoms with Crippen molar-refractivity contribution in [1.82, 2.24) is 5.32 Å². The fourth-order valence-electron chi connectivity index (χ4n) is 1.83. The number of hydrogen-bond acceptors (Lipinski definition) is 1. The molecule has 0 aliphatic heterocycles. The highest BCUT2D eigenvalue weighted by Crippen LogP contribution is 2.18. The second kappa shape index (κ2) is 7.66. The van der Waals surface area contributed by atoms with Crippen LogP contribution in [0.15, 0.2) is 42.5 Å². The van der Waals surface area contributed by atoms with E-state index in [2.05, 4.69) is 11.4 Å². The van der Waals surface area contributed by atoms with Crippen molar-refractivity contribution in [3.05, 3.63) is 48.0 Å². The van der Waals surface area contributed by atoms with Crippen molar-refractivity contribution >= 4 is 5.91 Å². The van der Waals surface area contributed by atoms with Gasteiger partial charge in [0.15, 0.2) is 0 Å². The summed E-state index contributed by atoms with van der Waals surface area (Å²) in [6, 6.07) is 9.95. The average molecular weight is 231 g/mol. The number of benzene rings is 1. The van der Waals surface area contributed by atoms with Gasteiger partial charge in [0.2, 0.25) is 5.91 Å². The molecule has 2 heteroatoms. The highest BCUT2D eigenvalue weighted by molar-refractivity contribution is 5.83. The first-order valence-corrected chi connectivity index (χ1v) is 6.23. The zero-order valence-corrected chi connectivity index (χ0v) is 10.6. The van der Waals surface area contributed by atoms with Crippen LogP contribution in [0.1, 0.15) is 38.2 Å². The highest BCUT2D eigenvalue weighted by atomic mass is 16.1. The molecule has 0 radical (unpaired) electrons. The number of nitrogens with one attached hydrogen (secondary N) is 1. The third-order valence-electron chi connectivity index (χ3n) is 2.77. The predicted molar refractivity (Wildman–Crippen MR) is 71.9 cm³/mol. The summed E-state index contributed by atoms with van der Waals surface area (Å²) in [5.74, 6) is 0.102. The Kier molecular flexibility index (Phi) is 6.08. The first-order chi connectivity index (χ1) is 8.29. The van der Waals surface area contributed by atoms with Crippen molar-refractivity contribution in [2.24, 2.45) is 0 Å². The van der Waals surface area contributed by atoms with Crippen molar-refractivity contribution in [2.45, 2.75) is 32.6 Å². The van der Waals surface area contributed by atoms with Crippen molar-refractivity contribution < 1.29 is 4.79 Å². The Bertz CT molecular complexity index is 356. The summed E-state index contributed by atoms with van der Waals surface area (Å²) in [5.41, 5.74) is 1.10. The minimum absolute atomic E-state index is 0.0261. The molecule has 2 nitrogen and oxygen atoms in total. The van der Waals surface area contributed by atoms with Gasteiger partial charge in [-0.1, -0.05) is 49.4 Å². The molecule has 0 fully saturated rings. The van der Waals surface area contributed by atoms with Gasteiger partial charge in [0.1, 0.15) is 0 Å². The zero-order chi connectivity index (χ0) is 12.5. The lowest BCUT2D eigenvalue weighted by Gasteiger charge is -2.14. The molecule has 17 heavy (non-hydrogen) atoms. The molecule has 92 valence electrons. The van der Waals surface area contributed by atoms with E-state index in [9.17, 15) is 4.79 Å². The molecule has 0 aliphatic carbocycles. The topological polar surface area (TPSA) is 29.1 Å². The molecule has 0 spiro atoms. The molecule has 1 aromatic rings. The molecule has 0 aliphatic rings. The Hall–Kier alpha value is -1.57. The van der Waals surface area contributed by atoms with Crippen molar-refractivity contribution in [2.75, 3.05) is 6.54 Å². The first kappa shape index (κ1) is 13.5. The Morgan fingerprint density at radius 1 is 1.35 bits per heavy atom. The van der Waals surface area contributed by atoms with Crippen LogP contribution in [0.5, 0.6) is 0 Å². The molecule has 1 rings (SSSR count). The van der Waals surface area contributed by atoms with Gasteiger partial charge < -0.3 is 5.32 Å². The molecule has 0 saturated heterocycles.